The van der Waals surface area contributed by atoms with Crippen molar-refractivity contribution in [3.05, 3.63) is 22.4 Å². The molecule has 0 aliphatic heterocycles. The van der Waals surface area contributed by atoms with Gasteiger partial charge in [0.2, 0.25) is 0 Å². The van der Waals surface area contributed by atoms with Crippen LogP contribution in [-0.2, 0) is 17.9 Å². The third kappa shape index (κ3) is 3.45. The number of carbonyl (C=O) groups is 1. The molecule has 2 aromatic rings. The van der Waals surface area contributed by atoms with E-state index in [1.807, 2.05) is 16.7 Å². The van der Waals surface area contributed by atoms with Crippen LogP contribution in [0.1, 0.15) is 5.82 Å². The molecule has 7 nitrogen and oxygen atoms in total. The smallest absolute Gasteiger partial charge is 0.404 e. The predicted molar refractivity (Wildman–Crippen MR) is 80.7 cm³/mol. The molecule has 0 atom stereocenters. The highest BCUT2D eigenvalue weighted by Gasteiger charge is 2.13. The highest BCUT2D eigenvalue weighted by atomic mass is 79.9. The minimum atomic E-state index is -1.05. The van der Waals surface area contributed by atoms with Crippen LogP contribution in [0.4, 0.5) is 4.79 Å². The average Bonchev–Trinajstić information content (AvgIpc) is 2.75. The van der Waals surface area contributed by atoms with Gasteiger partial charge in [-0.1, -0.05) is 0 Å². The van der Waals surface area contributed by atoms with Crippen molar-refractivity contribution < 1.29 is 19.4 Å². The molecule has 0 saturated heterocycles. The van der Waals surface area contributed by atoms with Gasteiger partial charge < -0.3 is 24.5 Å². The Bertz CT molecular complexity index is 656. The number of fused-ring (bicyclic) bond motifs is 1. The molecule has 0 saturated carbocycles. The number of aromatic nitrogens is 2. The minimum Gasteiger partial charge on any atom is -0.495 e. The van der Waals surface area contributed by atoms with Crippen LogP contribution in [0.25, 0.3) is 11.0 Å². The first kappa shape index (κ1) is 15.6. The van der Waals surface area contributed by atoms with Crippen molar-refractivity contribution in [2.45, 2.75) is 13.2 Å². The summed E-state index contributed by atoms with van der Waals surface area (Å²) in [4.78, 5) is 15.0. The van der Waals surface area contributed by atoms with E-state index in [2.05, 4.69) is 26.2 Å². The van der Waals surface area contributed by atoms with Gasteiger partial charge in [-0.2, -0.15) is 0 Å². The van der Waals surface area contributed by atoms with Gasteiger partial charge in [-0.3, -0.25) is 0 Å². The number of halogens is 1. The average molecular weight is 358 g/mol. The summed E-state index contributed by atoms with van der Waals surface area (Å²) >= 11 is 3.45. The van der Waals surface area contributed by atoms with Gasteiger partial charge in [-0.15, -0.1) is 0 Å². The lowest BCUT2D eigenvalue weighted by Gasteiger charge is -2.08. The van der Waals surface area contributed by atoms with E-state index in [0.717, 1.165) is 21.3 Å². The van der Waals surface area contributed by atoms with Crippen molar-refractivity contribution in [1.82, 2.24) is 14.9 Å². The number of nitrogens with zero attached hydrogens (tertiary/aromatic N) is 2. The van der Waals surface area contributed by atoms with Crippen LogP contribution in [0, 0.1) is 0 Å². The van der Waals surface area contributed by atoms with Gasteiger partial charge in [-0.05, 0) is 22.0 Å². The van der Waals surface area contributed by atoms with Crippen molar-refractivity contribution >= 4 is 33.1 Å². The van der Waals surface area contributed by atoms with Crippen LogP contribution >= 0.6 is 15.9 Å². The number of amides is 1. The van der Waals surface area contributed by atoms with E-state index in [9.17, 15) is 4.79 Å². The normalized spacial score (nSPS) is 10.8. The van der Waals surface area contributed by atoms with E-state index >= 15 is 0 Å². The van der Waals surface area contributed by atoms with E-state index < -0.39 is 6.09 Å². The molecule has 1 heterocycles. The maximum atomic E-state index is 10.5. The summed E-state index contributed by atoms with van der Waals surface area (Å²) in [6, 6.07) is 3.74. The molecule has 0 fully saturated rings. The minimum absolute atomic E-state index is 0.292. The summed E-state index contributed by atoms with van der Waals surface area (Å²) < 4.78 is 13.2. The summed E-state index contributed by atoms with van der Waals surface area (Å²) in [5.74, 6) is 1.44. The van der Waals surface area contributed by atoms with Gasteiger partial charge in [-0.25, -0.2) is 9.78 Å². The summed E-state index contributed by atoms with van der Waals surface area (Å²) in [6.07, 6.45) is -0.571. The molecular weight excluding hydrogens is 342 g/mol. The second kappa shape index (κ2) is 6.77. The molecule has 0 unspecified atom stereocenters. The highest BCUT2D eigenvalue weighted by molar-refractivity contribution is 9.10. The largest absolute Gasteiger partial charge is 0.495 e. The van der Waals surface area contributed by atoms with Gasteiger partial charge >= 0.3 is 6.09 Å². The molecule has 0 spiro atoms. The van der Waals surface area contributed by atoms with Crippen LogP contribution in [0.5, 0.6) is 5.75 Å². The molecule has 2 rings (SSSR count). The van der Waals surface area contributed by atoms with E-state index in [4.69, 9.17) is 14.6 Å². The molecule has 0 bridgehead atoms. The number of hydrogen-bond donors (Lipinski definition) is 2. The topological polar surface area (TPSA) is 85.6 Å². The Hall–Kier alpha value is -1.80. The second-order valence-corrected chi connectivity index (χ2v) is 5.19. The SMILES string of the molecule is COCn1c(CCNC(=O)O)nc2cc(OC)c(Br)cc21. The van der Waals surface area contributed by atoms with E-state index in [-0.39, 0.29) is 0 Å². The van der Waals surface area contributed by atoms with Crippen molar-refractivity contribution in [3.63, 3.8) is 0 Å². The fourth-order valence-corrected chi connectivity index (χ4v) is 2.57. The lowest BCUT2D eigenvalue weighted by Crippen LogP contribution is -2.24. The Morgan fingerprint density at radius 3 is 2.86 bits per heavy atom. The highest BCUT2D eigenvalue weighted by Crippen LogP contribution is 2.30. The van der Waals surface area contributed by atoms with E-state index in [0.29, 0.717) is 25.4 Å². The van der Waals surface area contributed by atoms with Crippen LogP contribution in [-0.4, -0.2) is 41.5 Å². The van der Waals surface area contributed by atoms with Gasteiger partial charge in [0.05, 0.1) is 22.6 Å². The number of rotatable bonds is 6. The molecule has 1 aromatic carbocycles. The van der Waals surface area contributed by atoms with E-state index in [1.165, 1.54) is 0 Å². The number of ether oxygens (including phenoxy) is 2. The number of nitrogens with one attached hydrogen (secondary N) is 1. The Balaban J connectivity index is 2.39. The number of benzene rings is 1. The quantitative estimate of drug-likeness (QED) is 0.827. The van der Waals surface area contributed by atoms with Crippen LogP contribution in [0.2, 0.25) is 0 Å². The maximum absolute atomic E-state index is 10.5. The molecule has 2 N–H and O–H groups in total. The molecule has 8 heteroatoms. The fraction of sp³-hybridized carbons (Fsp3) is 0.385. The van der Waals surface area contributed by atoms with Crippen molar-refractivity contribution in [1.29, 1.82) is 0 Å². The van der Waals surface area contributed by atoms with Crippen LogP contribution in [0.3, 0.4) is 0 Å². The number of carboxylic acid groups (broad SMARTS) is 1. The molecular formula is C13H16BrN3O4. The maximum Gasteiger partial charge on any atom is 0.404 e. The van der Waals surface area contributed by atoms with Crippen LogP contribution < -0.4 is 10.1 Å². The van der Waals surface area contributed by atoms with Gasteiger partial charge in [0.25, 0.3) is 0 Å². The summed E-state index contributed by atoms with van der Waals surface area (Å²) in [7, 11) is 3.19. The van der Waals surface area contributed by atoms with Gasteiger partial charge in [0.15, 0.2) is 0 Å². The number of imidazole rings is 1. The molecule has 1 amide bonds. The zero-order valence-electron chi connectivity index (χ0n) is 11.7. The first-order valence-corrected chi connectivity index (χ1v) is 7.04. The Labute approximate surface area is 130 Å². The number of methoxy groups -OCH3 is 2. The summed E-state index contributed by atoms with van der Waals surface area (Å²) in [5.41, 5.74) is 1.67. The molecule has 1 aromatic heterocycles. The standard InChI is InChI=1S/C13H16BrN3O4/c1-20-7-17-10-5-8(14)11(21-2)6-9(10)16-12(17)3-4-15-13(18)19/h5-6,15H,3-4,7H2,1-2H3,(H,18,19). The van der Waals surface area contributed by atoms with Crippen molar-refractivity contribution in [2.24, 2.45) is 0 Å². The Morgan fingerprint density at radius 2 is 2.24 bits per heavy atom. The zero-order chi connectivity index (χ0) is 15.4. The first-order valence-electron chi connectivity index (χ1n) is 6.25. The monoisotopic (exact) mass is 357 g/mol. The van der Waals surface area contributed by atoms with Crippen molar-refractivity contribution in [2.75, 3.05) is 20.8 Å². The Morgan fingerprint density at radius 1 is 1.48 bits per heavy atom. The lowest BCUT2D eigenvalue weighted by molar-refractivity contribution is 0.132. The second-order valence-electron chi connectivity index (χ2n) is 4.33. The zero-order valence-corrected chi connectivity index (χ0v) is 13.3. The van der Waals surface area contributed by atoms with Crippen LogP contribution in [0.15, 0.2) is 16.6 Å². The molecule has 0 radical (unpaired) electrons. The Kier molecular flexibility index (Phi) is 5.03. The van der Waals surface area contributed by atoms with Gasteiger partial charge in [0.1, 0.15) is 18.3 Å². The summed E-state index contributed by atoms with van der Waals surface area (Å²) in [5, 5.41) is 11.0. The molecule has 0 aliphatic rings. The fourth-order valence-electron chi connectivity index (χ4n) is 2.08. The lowest BCUT2D eigenvalue weighted by atomic mass is 10.3. The number of hydrogen-bond acceptors (Lipinski definition) is 4. The van der Waals surface area contributed by atoms with E-state index in [1.54, 1.807) is 14.2 Å². The molecule has 21 heavy (non-hydrogen) atoms. The third-order valence-electron chi connectivity index (χ3n) is 2.98. The van der Waals surface area contributed by atoms with Crippen molar-refractivity contribution in [3.8, 4) is 5.75 Å². The molecule has 0 aliphatic carbocycles. The predicted octanol–water partition coefficient (Wildman–Crippen LogP) is 2.22. The summed E-state index contributed by atoms with van der Waals surface area (Å²) in [6.45, 7) is 0.637. The third-order valence-corrected chi connectivity index (χ3v) is 3.60. The molecule has 114 valence electrons. The van der Waals surface area contributed by atoms with Gasteiger partial charge in [0, 0.05) is 26.1 Å². The first-order chi connectivity index (χ1) is 10.1.